The Morgan fingerprint density at radius 1 is 1.33 bits per heavy atom. The van der Waals surface area contributed by atoms with Gasteiger partial charge < -0.3 is 19.0 Å². The summed E-state index contributed by atoms with van der Waals surface area (Å²) in [7, 11) is 3.06. The average molecular weight is 289 g/mol. The van der Waals surface area contributed by atoms with Crippen LogP contribution in [0.5, 0.6) is 11.5 Å². The molecule has 2 aromatic rings. The summed E-state index contributed by atoms with van der Waals surface area (Å²) < 4.78 is 16.0. The summed E-state index contributed by atoms with van der Waals surface area (Å²) in [5.74, 6) is 0.253. The molecule has 1 saturated carbocycles. The Labute approximate surface area is 121 Å². The molecule has 1 N–H and O–H groups in total. The van der Waals surface area contributed by atoms with Crippen molar-refractivity contribution in [1.29, 1.82) is 0 Å². The lowest BCUT2D eigenvalue weighted by atomic mass is 10.2. The molecule has 0 spiro atoms. The molecule has 1 heterocycles. The zero-order valence-corrected chi connectivity index (χ0v) is 11.8. The van der Waals surface area contributed by atoms with Gasteiger partial charge >= 0.3 is 5.97 Å². The van der Waals surface area contributed by atoms with Gasteiger partial charge in [-0.2, -0.15) is 0 Å². The van der Waals surface area contributed by atoms with E-state index in [1.165, 1.54) is 14.2 Å². The molecule has 6 heteroatoms. The summed E-state index contributed by atoms with van der Waals surface area (Å²) in [5.41, 5.74) is 1.09. The van der Waals surface area contributed by atoms with Crippen LogP contribution in [0.15, 0.2) is 22.6 Å². The van der Waals surface area contributed by atoms with Crippen LogP contribution < -0.4 is 9.47 Å². The molecule has 1 aliphatic rings. The molecule has 110 valence electrons. The van der Waals surface area contributed by atoms with Crippen molar-refractivity contribution in [2.24, 2.45) is 0 Å². The van der Waals surface area contributed by atoms with E-state index >= 15 is 0 Å². The molecular formula is C15H15NO5. The number of para-hydroxylation sites is 1. The number of hydrogen-bond acceptors (Lipinski definition) is 5. The van der Waals surface area contributed by atoms with E-state index < -0.39 is 5.97 Å². The molecule has 0 bridgehead atoms. The van der Waals surface area contributed by atoms with E-state index in [2.05, 4.69) is 4.98 Å². The van der Waals surface area contributed by atoms with Crippen LogP contribution >= 0.6 is 0 Å². The fraction of sp³-hybridized carbons (Fsp3) is 0.333. The lowest BCUT2D eigenvalue weighted by Crippen LogP contribution is -1.98. The van der Waals surface area contributed by atoms with E-state index in [0.717, 1.165) is 12.8 Å². The molecule has 1 aliphatic carbocycles. The molecule has 0 saturated heterocycles. The van der Waals surface area contributed by atoms with Gasteiger partial charge in [-0.3, -0.25) is 0 Å². The summed E-state index contributed by atoms with van der Waals surface area (Å²) in [6.45, 7) is 0. The minimum Gasteiger partial charge on any atom is -0.493 e. The van der Waals surface area contributed by atoms with Gasteiger partial charge in [0.2, 0.25) is 11.7 Å². The van der Waals surface area contributed by atoms with E-state index in [4.69, 9.17) is 13.9 Å². The zero-order chi connectivity index (χ0) is 15.0. The third-order valence-corrected chi connectivity index (χ3v) is 3.45. The SMILES string of the molecule is COc1cccc(-c2nc(C3CC3)c(C(=O)O)o2)c1OC. The highest BCUT2D eigenvalue weighted by Crippen LogP contribution is 2.44. The van der Waals surface area contributed by atoms with E-state index in [0.29, 0.717) is 22.8 Å². The number of hydrogen-bond donors (Lipinski definition) is 1. The molecule has 0 atom stereocenters. The van der Waals surface area contributed by atoms with Crippen LogP contribution in [-0.4, -0.2) is 30.3 Å². The molecule has 3 rings (SSSR count). The highest BCUT2D eigenvalue weighted by Gasteiger charge is 2.34. The number of benzene rings is 1. The fourth-order valence-electron chi connectivity index (χ4n) is 2.29. The highest BCUT2D eigenvalue weighted by molar-refractivity contribution is 5.87. The number of oxazole rings is 1. The monoisotopic (exact) mass is 289 g/mol. The summed E-state index contributed by atoms with van der Waals surface area (Å²) in [5, 5.41) is 9.24. The maximum Gasteiger partial charge on any atom is 0.373 e. The van der Waals surface area contributed by atoms with E-state index in [1.54, 1.807) is 18.2 Å². The van der Waals surface area contributed by atoms with Crippen molar-refractivity contribution in [3.8, 4) is 23.0 Å². The molecule has 0 amide bonds. The van der Waals surface area contributed by atoms with Crippen molar-refractivity contribution < 1.29 is 23.8 Å². The maximum atomic E-state index is 11.3. The summed E-state index contributed by atoms with van der Waals surface area (Å²) in [4.78, 5) is 15.7. The number of rotatable bonds is 5. The first-order valence-electron chi connectivity index (χ1n) is 6.61. The van der Waals surface area contributed by atoms with E-state index in [9.17, 15) is 9.90 Å². The Bertz CT molecular complexity index is 687. The number of nitrogens with zero attached hydrogens (tertiary/aromatic N) is 1. The van der Waals surface area contributed by atoms with Gasteiger partial charge in [0.25, 0.3) is 0 Å². The van der Waals surface area contributed by atoms with Gasteiger partial charge in [0.15, 0.2) is 11.5 Å². The second-order valence-corrected chi connectivity index (χ2v) is 4.85. The molecule has 6 nitrogen and oxygen atoms in total. The molecule has 0 radical (unpaired) electrons. The third kappa shape index (κ3) is 2.33. The van der Waals surface area contributed by atoms with Crippen molar-refractivity contribution in [2.75, 3.05) is 14.2 Å². The largest absolute Gasteiger partial charge is 0.493 e. The molecule has 21 heavy (non-hydrogen) atoms. The van der Waals surface area contributed by atoms with Gasteiger partial charge in [0.05, 0.1) is 25.5 Å². The van der Waals surface area contributed by atoms with Crippen LogP contribution in [0.3, 0.4) is 0 Å². The van der Waals surface area contributed by atoms with Gasteiger partial charge in [-0.25, -0.2) is 9.78 Å². The second-order valence-electron chi connectivity index (χ2n) is 4.85. The Morgan fingerprint density at radius 3 is 2.67 bits per heavy atom. The third-order valence-electron chi connectivity index (χ3n) is 3.45. The predicted molar refractivity (Wildman–Crippen MR) is 74.0 cm³/mol. The number of carbonyl (C=O) groups is 1. The van der Waals surface area contributed by atoms with Crippen molar-refractivity contribution in [2.45, 2.75) is 18.8 Å². The number of carboxylic acid groups (broad SMARTS) is 1. The first-order valence-corrected chi connectivity index (χ1v) is 6.61. The van der Waals surface area contributed by atoms with Gasteiger partial charge in [-0.1, -0.05) is 6.07 Å². The van der Waals surface area contributed by atoms with Crippen LogP contribution in [0.25, 0.3) is 11.5 Å². The van der Waals surface area contributed by atoms with E-state index in [-0.39, 0.29) is 17.6 Å². The van der Waals surface area contributed by atoms with Gasteiger partial charge in [-0.15, -0.1) is 0 Å². The van der Waals surface area contributed by atoms with Gasteiger partial charge in [0.1, 0.15) is 0 Å². The van der Waals surface area contributed by atoms with Crippen LogP contribution in [0.1, 0.15) is 35.0 Å². The number of aromatic nitrogens is 1. The number of ether oxygens (including phenoxy) is 2. The minimum absolute atomic E-state index is 0.0858. The molecule has 0 aliphatic heterocycles. The van der Waals surface area contributed by atoms with Crippen molar-refractivity contribution in [3.05, 3.63) is 29.7 Å². The average Bonchev–Trinajstić information content (AvgIpc) is 3.24. The van der Waals surface area contributed by atoms with Crippen molar-refractivity contribution in [1.82, 2.24) is 4.98 Å². The van der Waals surface area contributed by atoms with E-state index in [1.807, 2.05) is 0 Å². The molecular weight excluding hydrogens is 274 g/mol. The topological polar surface area (TPSA) is 81.8 Å². The number of aromatic carboxylic acids is 1. The molecule has 1 aromatic heterocycles. The Balaban J connectivity index is 2.12. The molecule has 1 aromatic carbocycles. The minimum atomic E-state index is -1.10. The number of methoxy groups -OCH3 is 2. The zero-order valence-electron chi connectivity index (χ0n) is 11.8. The fourth-order valence-corrected chi connectivity index (χ4v) is 2.29. The highest BCUT2D eigenvalue weighted by atomic mass is 16.5. The van der Waals surface area contributed by atoms with Gasteiger partial charge in [-0.05, 0) is 25.0 Å². The molecule has 1 fully saturated rings. The van der Waals surface area contributed by atoms with Crippen LogP contribution in [0, 0.1) is 0 Å². The van der Waals surface area contributed by atoms with Crippen LogP contribution in [0.4, 0.5) is 0 Å². The van der Waals surface area contributed by atoms with Crippen molar-refractivity contribution in [3.63, 3.8) is 0 Å². The Kier molecular flexibility index (Phi) is 3.29. The Morgan fingerprint density at radius 2 is 2.10 bits per heavy atom. The normalized spacial score (nSPS) is 14.0. The molecule has 0 unspecified atom stereocenters. The standard InChI is InChI=1S/C15H15NO5/c1-19-10-5-3-4-9(12(10)20-2)14-16-11(8-6-7-8)13(21-14)15(17)18/h3-5,8H,6-7H2,1-2H3,(H,17,18). The lowest BCUT2D eigenvalue weighted by molar-refractivity contribution is 0.0661. The Hall–Kier alpha value is -2.50. The smallest absolute Gasteiger partial charge is 0.373 e. The quantitative estimate of drug-likeness (QED) is 0.911. The first-order chi connectivity index (χ1) is 10.2. The predicted octanol–water partition coefficient (Wildman–Crippen LogP) is 2.93. The summed E-state index contributed by atoms with van der Waals surface area (Å²) in [6.07, 6.45) is 1.89. The summed E-state index contributed by atoms with van der Waals surface area (Å²) in [6, 6.07) is 5.29. The summed E-state index contributed by atoms with van der Waals surface area (Å²) >= 11 is 0. The second kappa shape index (κ2) is 5.12. The van der Waals surface area contributed by atoms with Crippen molar-refractivity contribution >= 4 is 5.97 Å². The van der Waals surface area contributed by atoms with Crippen LogP contribution in [-0.2, 0) is 0 Å². The number of carboxylic acids is 1. The lowest BCUT2D eigenvalue weighted by Gasteiger charge is -2.09. The maximum absolute atomic E-state index is 11.3. The first kappa shape index (κ1) is 13.5. The van der Waals surface area contributed by atoms with Gasteiger partial charge in [0, 0.05) is 5.92 Å². The van der Waals surface area contributed by atoms with Crippen LogP contribution in [0.2, 0.25) is 0 Å².